The summed E-state index contributed by atoms with van der Waals surface area (Å²) in [6.45, 7) is 1.15. The van der Waals surface area contributed by atoms with Gasteiger partial charge in [0.25, 0.3) is 0 Å². The summed E-state index contributed by atoms with van der Waals surface area (Å²) in [5.74, 6) is -0.789. The SMILES string of the molecule is O=C(CSc1ccc2ccccc2c1)N1CCC(Oc2ccc(F)cc2F)CC1. The van der Waals surface area contributed by atoms with E-state index in [0.717, 1.165) is 16.3 Å². The van der Waals surface area contributed by atoms with Gasteiger partial charge in [0.05, 0.1) is 5.75 Å². The number of hydrogen-bond acceptors (Lipinski definition) is 3. The number of nitrogens with zero attached hydrogens (tertiary/aromatic N) is 1. The van der Waals surface area contributed by atoms with Gasteiger partial charge in [0, 0.05) is 36.9 Å². The molecule has 0 aliphatic carbocycles. The van der Waals surface area contributed by atoms with E-state index in [9.17, 15) is 13.6 Å². The molecule has 4 rings (SSSR count). The van der Waals surface area contributed by atoms with Gasteiger partial charge in [-0.05, 0) is 35.0 Å². The number of likely N-dealkylation sites (tertiary alicyclic amines) is 1. The quantitative estimate of drug-likeness (QED) is 0.533. The number of rotatable bonds is 5. The zero-order valence-corrected chi connectivity index (χ0v) is 16.6. The van der Waals surface area contributed by atoms with Crippen molar-refractivity contribution in [2.45, 2.75) is 23.8 Å². The summed E-state index contributed by atoms with van der Waals surface area (Å²) in [5.41, 5.74) is 0. The third kappa shape index (κ3) is 4.88. The van der Waals surface area contributed by atoms with Crippen molar-refractivity contribution in [2.24, 2.45) is 0 Å². The third-order valence-corrected chi connectivity index (χ3v) is 6.04. The van der Waals surface area contributed by atoms with Crippen molar-refractivity contribution in [3.05, 3.63) is 72.3 Å². The molecule has 1 heterocycles. The van der Waals surface area contributed by atoms with Gasteiger partial charge in [0.2, 0.25) is 5.91 Å². The van der Waals surface area contributed by atoms with Crippen molar-refractivity contribution in [2.75, 3.05) is 18.8 Å². The van der Waals surface area contributed by atoms with E-state index in [4.69, 9.17) is 4.74 Å². The van der Waals surface area contributed by atoms with E-state index in [-0.39, 0.29) is 17.8 Å². The summed E-state index contributed by atoms with van der Waals surface area (Å²) < 4.78 is 32.4. The largest absolute Gasteiger partial charge is 0.487 e. The van der Waals surface area contributed by atoms with Gasteiger partial charge in [-0.3, -0.25) is 4.79 Å². The summed E-state index contributed by atoms with van der Waals surface area (Å²) in [5, 5.41) is 2.35. The highest BCUT2D eigenvalue weighted by Gasteiger charge is 2.24. The van der Waals surface area contributed by atoms with E-state index in [1.807, 2.05) is 23.1 Å². The van der Waals surface area contributed by atoms with Gasteiger partial charge < -0.3 is 9.64 Å². The second-order valence-electron chi connectivity index (χ2n) is 7.07. The number of carbonyl (C=O) groups excluding carboxylic acids is 1. The van der Waals surface area contributed by atoms with Crippen LogP contribution >= 0.6 is 11.8 Å². The van der Waals surface area contributed by atoms with Crippen LogP contribution in [0.25, 0.3) is 10.8 Å². The number of amides is 1. The van der Waals surface area contributed by atoms with Crippen molar-refractivity contribution in [3.63, 3.8) is 0 Å². The maximum Gasteiger partial charge on any atom is 0.232 e. The van der Waals surface area contributed by atoms with Gasteiger partial charge in [-0.2, -0.15) is 0 Å². The third-order valence-electron chi connectivity index (χ3n) is 5.07. The van der Waals surface area contributed by atoms with Crippen LogP contribution < -0.4 is 4.74 Å². The predicted octanol–water partition coefficient (Wildman–Crippen LogP) is 5.28. The summed E-state index contributed by atoms with van der Waals surface area (Å²) in [6, 6.07) is 17.7. The molecule has 1 saturated heterocycles. The Hall–Kier alpha value is -2.60. The number of fused-ring (bicyclic) bond motifs is 1. The molecule has 3 aromatic carbocycles. The highest BCUT2D eigenvalue weighted by atomic mass is 32.2. The Balaban J connectivity index is 1.27. The van der Waals surface area contributed by atoms with Crippen LogP contribution in [0.1, 0.15) is 12.8 Å². The molecule has 0 spiro atoms. The Labute approximate surface area is 172 Å². The molecule has 1 amide bonds. The zero-order chi connectivity index (χ0) is 20.2. The second-order valence-corrected chi connectivity index (χ2v) is 8.12. The fourth-order valence-electron chi connectivity index (χ4n) is 3.47. The number of ether oxygens (including phenoxy) is 1. The maximum atomic E-state index is 13.7. The lowest BCUT2D eigenvalue weighted by Crippen LogP contribution is -2.42. The highest BCUT2D eigenvalue weighted by Crippen LogP contribution is 2.26. The zero-order valence-electron chi connectivity index (χ0n) is 15.8. The van der Waals surface area contributed by atoms with Crippen LogP contribution in [0.2, 0.25) is 0 Å². The Bertz CT molecular complexity index is 1020. The van der Waals surface area contributed by atoms with Crippen LogP contribution in [0.15, 0.2) is 65.6 Å². The van der Waals surface area contributed by atoms with Crippen LogP contribution in [0.3, 0.4) is 0 Å². The summed E-state index contributed by atoms with van der Waals surface area (Å²) in [4.78, 5) is 15.5. The lowest BCUT2D eigenvalue weighted by molar-refractivity contribution is -0.130. The Morgan fingerprint density at radius 1 is 1.00 bits per heavy atom. The molecule has 1 aliphatic heterocycles. The summed E-state index contributed by atoms with van der Waals surface area (Å²) in [7, 11) is 0. The lowest BCUT2D eigenvalue weighted by Gasteiger charge is -2.32. The average Bonchev–Trinajstić information content (AvgIpc) is 2.74. The molecule has 0 bridgehead atoms. The number of halogens is 2. The van der Waals surface area contributed by atoms with Gasteiger partial charge in [0.15, 0.2) is 11.6 Å². The molecule has 6 heteroatoms. The molecule has 0 radical (unpaired) electrons. The molecule has 1 aliphatic rings. The first kappa shape index (κ1) is 19.7. The Morgan fingerprint density at radius 2 is 1.76 bits per heavy atom. The first-order valence-corrected chi connectivity index (χ1v) is 10.6. The molecule has 0 N–H and O–H groups in total. The molecule has 29 heavy (non-hydrogen) atoms. The second kappa shape index (κ2) is 8.82. The minimum absolute atomic E-state index is 0.0584. The molecule has 150 valence electrons. The number of thioether (sulfide) groups is 1. The molecule has 0 aromatic heterocycles. The fourth-order valence-corrected chi connectivity index (χ4v) is 4.31. The predicted molar refractivity (Wildman–Crippen MR) is 111 cm³/mol. The van der Waals surface area contributed by atoms with E-state index in [0.29, 0.717) is 31.7 Å². The molecular weight excluding hydrogens is 392 g/mol. The smallest absolute Gasteiger partial charge is 0.232 e. The van der Waals surface area contributed by atoms with Gasteiger partial charge in [-0.15, -0.1) is 11.8 Å². The van der Waals surface area contributed by atoms with Crippen LogP contribution in [-0.2, 0) is 4.79 Å². The molecule has 3 aromatic rings. The number of piperidine rings is 1. The normalized spacial score (nSPS) is 14.9. The highest BCUT2D eigenvalue weighted by molar-refractivity contribution is 8.00. The van der Waals surface area contributed by atoms with Crippen molar-refractivity contribution < 1.29 is 18.3 Å². The molecular formula is C23H21F2NO2S. The van der Waals surface area contributed by atoms with Crippen LogP contribution in [-0.4, -0.2) is 35.8 Å². The van der Waals surface area contributed by atoms with Gasteiger partial charge in [0.1, 0.15) is 11.9 Å². The standard InChI is InChI=1S/C23H21F2NO2S/c24-18-6-8-22(21(25)14-18)28-19-9-11-26(12-10-19)23(27)15-29-20-7-5-16-3-1-2-4-17(16)13-20/h1-8,13-14,19H,9-12,15H2. The molecule has 1 fully saturated rings. The van der Waals surface area contributed by atoms with Crippen LogP contribution in [0, 0.1) is 11.6 Å². The Kier molecular flexibility index (Phi) is 6.00. The van der Waals surface area contributed by atoms with E-state index in [1.54, 1.807) is 0 Å². The molecule has 0 unspecified atom stereocenters. The van der Waals surface area contributed by atoms with Crippen LogP contribution in [0.4, 0.5) is 8.78 Å². The summed E-state index contributed by atoms with van der Waals surface area (Å²) >= 11 is 1.54. The van der Waals surface area contributed by atoms with Gasteiger partial charge in [-0.1, -0.05) is 30.3 Å². The number of carbonyl (C=O) groups is 1. The van der Waals surface area contributed by atoms with Crippen molar-refractivity contribution in [3.8, 4) is 5.75 Å². The first-order chi connectivity index (χ1) is 14.1. The molecule has 0 saturated carbocycles. The van der Waals surface area contributed by atoms with E-state index < -0.39 is 11.6 Å². The number of hydrogen-bond donors (Lipinski definition) is 0. The van der Waals surface area contributed by atoms with Crippen molar-refractivity contribution in [1.82, 2.24) is 4.90 Å². The first-order valence-electron chi connectivity index (χ1n) is 9.59. The van der Waals surface area contributed by atoms with E-state index in [1.165, 1.54) is 29.3 Å². The number of benzene rings is 3. The Morgan fingerprint density at radius 3 is 2.52 bits per heavy atom. The van der Waals surface area contributed by atoms with E-state index in [2.05, 4.69) is 24.3 Å². The van der Waals surface area contributed by atoms with Crippen LogP contribution in [0.5, 0.6) is 5.75 Å². The van der Waals surface area contributed by atoms with Gasteiger partial charge in [-0.25, -0.2) is 8.78 Å². The van der Waals surface area contributed by atoms with Crippen molar-refractivity contribution >= 4 is 28.4 Å². The molecule has 0 atom stereocenters. The van der Waals surface area contributed by atoms with Crippen molar-refractivity contribution in [1.29, 1.82) is 0 Å². The topological polar surface area (TPSA) is 29.5 Å². The maximum absolute atomic E-state index is 13.7. The fraction of sp³-hybridized carbons (Fsp3) is 0.261. The lowest BCUT2D eigenvalue weighted by atomic mass is 10.1. The monoisotopic (exact) mass is 413 g/mol. The molecule has 3 nitrogen and oxygen atoms in total. The van der Waals surface area contributed by atoms with E-state index >= 15 is 0 Å². The minimum Gasteiger partial charge on any atom is -0.487 e. The minimum atomic E-state index is -0.699. The van der Waals surface area contributed by atoms with Gasteiger partial charge >= 0.3 is 0 Å². The summed E-state index contributed by atoms with van der Waals surface area (Å²) in [6.07, 6.45) is 1.08. The average molecular weight is 413 g/mol.